The SMILES string of the molecule is CN=C(NCCOc1cccc(F)c1)NCc1ccc(N2CCCC2=O)cc1. The first kappa shape index (κ1) is 19.7. The molecule has 2 N–H and O–H groups in total. The number of aliphatic imine (C=N–C) groups is 1. The summed E-state index contributed by atoms with van der Waals surface area (Å²) in [6, 6.07) is 14.0. The minimum Gasteiger partial charge on any atom is -0.492 e. The first-order valence-electron chi connectivity index (χ1n) is 9.38. The van der Waals surface area contributed by atoms with E-state index in [1.54, 1.807) is 19.2 Å². The van der Waals surface area contributed by atoms with Gasteiger partial charge in [0, 0.05) is 38.3 Å². The number of nitrogens with one attached hydrogen (secondary N) is 2. The summed E-state index contributed by atoms with van der Waals surface area (Å²) in [5, 5.41) is 6.39. The number of amides is 1. The molecule has 148 valence electrons. The molecular weight excluding hydrogens is 359 g/mol. The van der Waals surface area contributed by atoms with Gasteiger partial charge in [-0.25, -0.2) is 4.39 Å². The Kier molecular flexibility index (Phi) is 6.84. The van der Waals surface area contributed by atoms with Crippen LogP contribution in [0, 0.1) is 5.82 Å². The highest BCUT2D eigenvalue weighted by atomic mass is 19.1. The van der Waals surface area contributed by atoms with Gasteiger partial charge in [0.05, 0.1) is 6.54 Å². The number of benzene rings is 2. The topological polar surface area (TPSA) is 66.0 Å². The molecule has 6 nitrogen and oxygen atoms in total. The molecule has 1 aliphatic rings. The van der Waals surface area contributed by atoms with Crippen molar-refractivity contribution >= 4 is 17.6 Å². The molecule has 0 unspecified atom stereocenters. The van der Waals surface area contributed by atoms with Gasteiger partial charge in [0.1, 0.15) is 18.2 Å². The molecule has 1 heterocycles. The zero-order valence-corrected chi connectivity index (χ0v) is 16.0. The smallest absolute Gasteiger partial charge is 0.227 e. The lowest BCUT2D eigenvalue weighted by atomic mass is 10.2. The second-order valence-electron chi connectivity index (χ2n) is 6.47. The Morgan fingerprint density at radius 1 is 1.21 bits per heavy atom. The van der Waals surface area contributed by atoms with Crippen LogP contribution in [-0.2, 0) is 11.3 Å². The quantitative estimate of drug-likeness (QED) is 0.438. The molecule has 3 rings (SSSR count). The van der Waals surface area contributed by atoms with Gasteiger partial charge in [-0.3, -0.25) is 9.79 Å². The summed E-state index contributed by atoms with van der Waals surface area (Å²) in [6.07, 6.45) is 1.56. The molecule has 0 aromatic heterocycles. The van der Waals surface area contributed by atoms with E-state index in [4.69, 9.17) is 4.74 Å². The van der Waals surface area contributed by atoms with Crippen LogP contribution in [0.25, 0.3) is 0 Å². The third-order valence-corrected chi connectivity index (χ3v) is 4.46. The predicted octanol–water partition coefficient (Wildman–Crippen LogP) is 2.70. The van der Waals surface area contributed by atoms with E-state index in [-0.39, 0.29) is 11.7 Å². The molecule has 2 aromatic carbocycles. The van der Waals surface area contributed by atoms with Crippen LogP contribution in [0.15, 0.2) is 53.5 Å². The summed E-state index contributed by atoms with van der Waals surface area (Å²) < 4.78 is 18.6. The summed E-state index contributed by atoms with van der Waals surface area (Å²) in [5.74, 6) is 1.03. The standard InChI is InChI=1S/C21H25FN4O2/c1-23-21(24-11-13-28-19-5-2-4-17(22)14-19)25-15-16-7-9-18(10-8-16)26-12-3-6-20(26)27/h2,4-5,7-10,14H,3,6,11-13,15H2,1H3,(H2,23,24,25). The molecule has 1 fully saturated rings. The molecule has 2 aromatic rings. The largest absolute Gasteiger partial charge is 0.492 e. The maximum absolute atomic E-state index is 13.1. The number of halogens is 1. The number of ether oxygens (including phenoxy) is 1. The minimum atomic E-state index is -0.317. The first-order valence-corrected chi connectivity index (χ1v) is 9.38. The van der Waals surface area contributed by atoms with Crippen LogP contribution in [-0.4, -0.2) is 38.6 Å². The van der Waals surface area contributed by atoms with Crippen molar-refractivity contribution in [3.8, 4) is 5.75 Å². The summed E-state index contributed by atoms with van der Waals surface area (Å²) in [6.45, 7) is 2.33. The molecule has 0 radical (unpaired) electrons. The lowest BCUT2D eigenvalue weighted by Crippen LogP contribution is -2.38. The fourth-order valence-electron chi connectivity index (χ4n) is 3.02. The number of hydrogen-bond donors (Lipinski definition) is 2. The molecule has 0 saturated carbocycles. The fourth-order valence-corrected chi connectivity index (χ4v) is 3.02. The van der Waals surface area contributed by atoms with Crippen molar-refractivity contribution in [1.82, 2.24) is 10.6 Å². The van der Waals surface area contributed by atoms with Gasteiger partial charge in [0.2, 0.25) is 5.91 Å². The number of nitrogens with zero attached hydrogens (tertiary/aromatic N) is 2. The Balaban J connectivity index is 1.40. The number of hydrogen-bond acceptors (Lipinski definition) is 3. The molecule has 1 amide bonds. The van der Waals surface area contributed by atoms with Crippen LogP contribution in [0.1, 0.15) is 18.4 Å². The molecular formula is C21H25FN4O2. The zero-order valence-electron chi connectivity index (χ0n) is 16.0. The molecule has 0 spiro atoms. The first-order chi connectivity index (χ1) is 13.7. The Morgan fingerprint density at radius 2 is 2.04 bits per heavy atom. The molecule has 0 bridgehead atoms. The van der Waals surface area contributed by atoms with Crippen molar-refractivity contribution in [3.63, 3.8) is 0 Å². The van der Waals surface area contributed by atoms with Crippen molar-refractivity contribution in [1.29, 1.82) is 0 Å². The number of guanidine groups is 1. The van der Waals surface area contributed by atoms with Gasteiger partial charge in [-0.15, -0.1) is 0 Å². The van der Waals surface area contributed by atoms with Gasteiger partial charge in [0.25, 0.3) is 0 Å². The normalized spacial score (nSPS) is 14.3. The van der Waals surface area contributed by atoms with Gasteiger partial charge < -0.3 is 20.3 Å². The van der Waals surface area contributed by atoms with Crippen LogP contribution < -0.4 is 20.3 Å². The zero-order chi connectivity index (χ0) is 19.8. The molecule has 7 heteroatoms. The van der Waals surface area contributed by atoms with Crippen molar-refractivity contribution in [3.05, 3.63) is 59.9 Å². The predicted molar refractivity (Wildman–Crippen MR) is 108 cm³/mol. The average molecular weight is 384 g/mol. The van der Waals surface area contributed by atoms with Gasteiger partial charge in [0.15, 0.2) is 5.96 Å². The van der Waals surface area contributed by atoms with Crippen LogP contribution in [0.4, 0.5) is 10.1 Å². The Hall–Kier alpha value is -3.09. The maximum atomic E-state index is 13.1. The van der Waals surface area contributed by atoms with Crippen LogP contribution in [0.3, 0.4) is 0 Å². The number of carbonyl (C=O) groups excluding carboxylic acids is 1. The summed E-state index contributed by atoms with van der Waals surface area (Å²) in [7, 11) is 1.70. The second kappa shape index (κ2) is 9.73. The highest BCUT2D eigenvalue weighted by Gasteiger charge is 2.21. The minimum absolute atomic E-state index is 0.191. The lowest BCUT2D eigenvalue weighted by Gasteiger charge is -2.16. The fraction of sp³-hybridized carbons (Fsp3) is 0.333. The van der Waals surface area contributed by atoms with E-state index in [0.717, 1.165) is 24.2 Å². The van der Waals surface area contributed by atoms with Crippen molar-refractivity contribution in [2.24, 2.45) is 4.99 Å². The van der Waals surface area contributed by atoms with E-state index >= 15 is 0 Å². The monoisotopic (exact) mass is 384 g/mol. The van der Waals surface area contributed by atoms with Gasteiger partial charge in [-0.1, -0.05) is 18.2 Å². The molecule has 1 aliphatic heterocycles. The third-order valence-electron chi connectivity index (χ3n) is 4.46. The van der Waals surface area contributed by atoms with E-state index in [1.165, 1.54) is 12.1 Å². The highest BCUT2D eigenvalue weighted by molar-refractivity contribution is 5.95. The van der Waals surface area contributed by atoms with Crippen molar-refractivity contribution in [2.75, 3.05) is 31.6 Å². The molecule has 28 heavy (non-hydrogen) atoms. The number of anilines is 1. The van der Waals surface area contributed by atoms with E-state index < -0.39 is 0 Å². The maximum Gasteiger partial charge on any atom is 0.227 e. The highest BCUT2D eigenvalue weighted by Crippen LogP contribution is 2.21. The van der Waals surface area contributed by atoms with Crippen molar-refractivity contribution < 1.29 is 13.9 Å². The summed E-state index contributed by atoms with van der Waals surface area (Å²) in [4.78, 5) is 17.8. The Bertz CT molecular complexity index is 823. The van der Waals surface area contributed by atoms with Gasteiger partial charge in [-0.2, -0.15) is 0 Å². The molecule has 0 aliphatic carbocycles. The third kappa shape index (κ3) is 5.45. The second-order valence-corrected chi connectivity index (χ2v) is 6.47. The number of rotatable bonds is 7. The van der Waals surface area contributed by atoms with Crippen LogP contribution >= 0.6 is 0 Å². The van der Waals surface area contributed by atoms with Crippen LogP contribution in [0.2, 0.25) is 0 Å². The lowest BCUT2D eigenvalue weighted by molar-refractivity contribution is -0.117. The summed E-state index contributed by atoms with van der Waals surface area (Å²) in [5.41, 5.74) is 2.04. The van der Waals surface area contributed by atoms with Crippen molar-refractivity contribution in [2.45, 2.75) is 19.4 Å². The van der Waals surface area contributed by atoms with Crippen LogP contribution in [0.5, 0.6) is 5.75 Å². The van der Waals surface area contributed by atoms with E-state index in [1.807, 2.05) is 29.2 Å². The summed E-state index contributed by atoms with van der Waals surface area (Å²) >= 11 is 0. The van der Waals surface area contributed by atoms with E-state index in [0.29, 0.717) is 37.8 Å². The van der Waals surface area contributed by atoms with E-state index in [2.05, 4.69) is 15.6 Å². The average Bonchev–Trinajstić information content (AvgIpc) is 3.14. The van der Waals surface area contributed by atoms with E-state index in [9.17, 15) is 9.18 Å². The Morgan fingerprint density at radius 3 is 2.71 bits per heavy atom. The molecule has 1 saturated heterocycles. The van der Waals surface area contributed by atoms with Gasteiger partial charge in [-0.05, 0) is 36.2 Å². The number of carbonyl (C=O) groups is 1. The Labute approximate surface area is 164 Å². The molecule has 0 atom stereocenters. The van der Waals surface area contributed by atoms with Gasteiger partial charge >= 0.3 is 0 Å².